The van der Waals surface area contributed by atoms with Crippen LogP contribution in [0.25, 0.3) is 0 Å². The van der Waals surface area contributed by atoms with E-state index in [4.69, 9.17) is 17.0 Å². The quantitative estimate of drug-likeness (QED) is 0.558. The maximum absolute atomic E-state index is 12.0. The van der Waals surface area contributed by atoms with Crippen molar-refractivity contribution in [1.29, 1.82) is 0 Å². The van der Waals surface area contributed by atoms with Crippen LogP contribution >= 0.6 is 12.2 Å². The lowest BCUT2D eigenvalue weighted by atomic mass is 10.0. The Morgan fingerprint density at radius 2 is 1.81 bits per heavy atom. The highest BCUT2D eigenvalue weighted by Crippen LogP contribution is 2.21. The van der Waals surface area contributed by atoms with Crippen molar-refractivity contribution < 1.29 is 9.53 Å². The molecule has 0 aliphatic rings. The van der Waals surface area contributed by atoms with Gasteiger partial charge in [0.05, 0.1) is 18.2 Å². The number of ether oxygens (including phenoxy) is 1. The average molecular weight is 371 g/mol. The Kier molecular flexibility index (Phi) is 7.16. The number of carbonyl (C=O) groups is 1. The maximum atomic E-state index is 12.0. The van der Waals surface area contributed by atoms with E-state index in [2.05, 4.69) is 48.7 Å². The molecule has 0 fully saturated rings. The monoisotopic (exact) mass is 370 g/mol. The number of anilines is 1. The van der Waals surface area contributed by atoms with Crippen molar-refractivity contribution >= 4 is 29.0 Å². The standard InChI is InChI=1S/C21H26N2O2S/c1-5-18(16-12-10-14(3)11-13-16)22-21(26)23-19-9-7-8-17(15(19)4)20(24)25-6-2/h7-13,18H,5-6H2,1-4H3,(H2,22,23,26)/t18-/m1/s1. The van der Waals surface area contributed by atoms with Gasteiger partial charge < -0.3 is 15.4 Å². The molecule has 5 heteroatoms. The summed E-state index contributed by atoms with van der Waals surface area (Å²) in [5.74, 6) is -0.321. The van der Waals surface area contributed by atoms with E-state index in [1.807, 2.05) is 19.1 Å². The van der Waals surface area contributed by atoms with Crippen LogP contribution in [0, 0.1) is 13.8 Å². The van der Waals surface area contributed by atoms with Crippen LogP contribution in [0.15, 0.2) is 42.5 Å². The minimum absolute atomic E-state index is 0.129. The fourth-order valence-electron chi connectivity index (χ4n) is 2.74. The van der Waals surface area contributed by atoms with Crippen LogP contribution in [0.5, 0.6) is 0 Å². The SMILES string of the molecule is CCOC(=O)c1cccc(NC(=S)N[C@H](CC)c2ccc(C)cc2)c1C. The molecular formula is C21H26N2O2S. The first-order valence-electron chi connectivity index (χ1n) is 8.87. The van der Waals surface area contributed by atoms with Gasteiger partial charge in [0.2, 0.25) is 0 Å². The third-order valence-corrected chi connectivity index (χ3v) is 4.49. The van der Waals surface area contributed by atoms with Gasteiger partial charge >= 0.3 is 5.97 Å². The minimum Gasteiger partial charge on any atom is -0.462 e. The van der Waals surface area contributed by atoms with Crippen LogP contribution in [0.4, 0.5) is 5.69 Å². The Hall–Kier alpha value is -2.40. The molecule has 0 saturated heterocycles. The number of hydrogen-bond acceptors (Lipinski definition) is 3. The minimum atomic E-state index is -0.321. The van der Waals surface area contributed by atoms with Crippen LogP contribution < -0.4 is 10.6 Å². The molecule has 26 heavy (non-hydrogen) atoms. The van der Waals surface area contributed by atoms with E-state index < -0.39 is 0 Å². The van der Waals surface area contributed by atoms with Gasteiger partial charge in [0.1, 0.15) is 0 Å². The van der Waals surface area contributed by atoms with Crippen LogP contribution in [0.2, 0.25) is 0 Å². The zero-order chi connectivity index (χ0) is 19.1. The number of carbonyl (C=O) groups excluding carboxylic acids is 1. The Morgan fingerprint density at radius 3 is 2.42 bits per heavy atom. The summed E-state index contributed by atoms with van der Waals surface area (Å²) in [6.45, 7) is 8.22. The summed E-state index contributed by atoms with van der Waals surface area (Å²) in [5, 5.41) is 7.09. The molecule has 0 aliphatic carbocycles. The maximum Gasteiger partial charge on any atom is 0.338 e. The summed E-state index contributed by atoms with van der Waals surface area (Å²) in [5.41, 5.74) is 4.59. The molecule has 2 rings (SSSR count). The molecule has 0 amide bonds. The summed E-state index contributed by atoms with van der Waals surface area (Å²) in [6, 6.07) is 14.0. The summed E-state index contributed by atoms with van der Waals surface area (Å²) >= 11 is 5.49. The molecule has 0 aliphatic heterocycles. The first-order valence-corrected chi connectivity index (χ1v) is 9.27. The van der Waals surface area contributed by atoms with Crippen LogP contribution in [0.1, 0.15) is 53.4 Å². The van der Waals surface area contributed by atoms with Crippen molar-refractivity contribution in [2.24, 2.45) is 0 Å². The van der Waals surface area contributed by atoms with Crippen LogP contribution in [-0.4, -0.2) is 17.7 Å². The van der Waals surface area contributed by atoms with Gasteiger partial charge in [0.25, 0.3) is 0 Å². The molecule has 1 atom stereocenters. The van der Waals surface area contributed by atoms with Gasteiger partial charge in [-0.05, 0) is 62.7 Å². The van der Waals surface area contributed by atoms with Gasteiger partial charge in [-0.25, -0.2) is 4.79 Å². The van der Waals surface area contributed by atoms with Gasteiger partial charge in [-0.1, -0.05) is 42.8 Å². The number of thiocarbonyl (C=S) groups is 1. The van der Waals surface area contributed by atoms with Gasteiger partial charge in [-0.15, -0.1) is 0 Å². The largest absolute Gasteiger partial charge is 0.462 e. The van der Waals surface area contributed by atoms with Crippen molar-refractivity contribution in [2.45, 2.75) is 40.2 Å². The second kappa shape index (κ2) is 9.34. The fourth-order valence-corrected chi connectivity index (χ4v) is 2.99. The predicted molar refractivity (Wildman–Crippen MR) is 111 cm³/mol. The van der Waals surface area contributed by atoms with Crippen LogP contribution in [0.3, 0.4) is 0 Å². The van der Waals surface area contributed by atoms with Gasteiger partial charge in [-0.2, -0.15) is 0 Å². The Bertz CT molecular complexity index is 772. The van der Waals surface area contributed by atoms with Crippen molar-refractivity contribution in [1.82, 2.24) is 5.32 Å². The van der Waals surface area contributed by atoms with Crippen LogP contribution in [-0.2, 0) is 4.74 Å². The number of nitrogens with one attached hydrogen (secondary N) is 2. The number of esters is 1. The number of hydrogen-bond donors (Lipinski definition) is 2. The second-order valence-corrected chi connectivity index (χ2v) is 6.58. The van der Waals surface area contributed by atoms with Gasteiger partial charge in [-0.3, -0.25) is 0 Å². The fraction of sp³-hybridized carbons (Fsp3) is 0.333. The molecule has 0 saturated carbocycles. The highest BCUT2D eigenvalue weighted by atomic mass is 32.1. The van der Waals surface area contributed by atoms with E-state index in [0.29, 0.717) is 17.3 Å². The lowest BCUT2D eigenvalue weighted by Gasteiger charge is -2.21. The first kappa shape index (κ1) is 19.9. The first-order chi connectivity index (χ1) is 12.5. The molecule has 0 radical (unpaired) electrons. The number of rotatable bonds is 6. The highest BCUT2D eigenvalue weighted by molar-refractivity contribution is 7.80. The molecule has 2 aromatic rings. The van der Waals surface area contributed by atoms with Crippen molar-refractivity contribution in [2.75, 3.05) is 11.9 Å². The van der Waals surface area contributed by atoms with Crippen molar-refractivity contribution in [3.8, 4) is 0 Å². The molecule has 0 spiro atoms. The summed E-state index contributed by atoms with van der Waals surface area (Å²) in [6.07, 6.45) is 0.909. The van der Waals surface area contributed by atoms with Crippen molar-refractivity contribution in [3.05, 3.63) is 64.7 Å². The molecular weight excluding hydrogens is 344 g/mol. The molecule has 0 aromatic heterocycles. The number of aryl methyl sites for hydroxylation is 1. The molecule has 0 unspecified atom stereocenters. The third-order valence-electron chi connectivity index (χ3n) is 4.27. The van der Waals surface area contributed by atoms with E-state index in [1.165, 1.54) is 11.1 Å². The number of benzene rings is 2. The third kappa shape index (κ3) is 5.05. The Balaban J connectivity index is 2.10. The summed E-state index contributed by atoms with van der Waals surface area (Å²) in [7, 11) is 0. The predicted octanol–water partition coefficient (Wildman–Crippen LogP) is 4.92. The Labute approximate surface area is 161 Å². The molecule has 2 aromatic carbocycles. The van der Waals surface area contributed by atoms with E-state index >= 15 is 0 Å². The normalized spacial score (nSPS) is 11.5. The van der Waals surface area contributed by atoms with E-state index in [-0.39, 0.29) is 12.0 Å². The molecule has 2 N–H and O–H groups in total. The van der Waals surface area contributed by atoms with E-state index in [9.17, 15) is 4.79 Å². The zero-order valence-corrected chi connectivity index (χ0v) is 16.6. The van der Waals surface area contributed by atoms with E-state index in [1.54, 1.807) is 13.0 Å². The molecule has 0 heterocycles. The lowest BCUT2D eigenvalue weighted by Crippen LogP contribution is -2.32. The summed E-state index contributed by atoms with van der Waals surface area (Å²) < 4.78 is 5.10. The zero-order valence-electron chi connectivity index (χ0n) is 15.8. The second-order valence-electron chi connectivity index (χ2n) is 6.17. The van der Waals surface area contributed by atoms with Gasteiger partial charge in [0, 0.05) is 5.69 Å². The molecule has 0 bridgehead atoms. The topological polar surface area (TPSA) is 50.4 Å². The molecule has 4 nitrogen and oxygen atoms in total. The summed E-state index contributed by atoms with van der Waals surface area (Å²) in [4.78, 5) is 12.0. The van der Waals surface area contributed by atoms with E-state index in [0.717, 1.165) is 17.7 Å². The lowest BCUT2D eigenvalue weighted by molar-refractivity contribution is 0.0525. The molecule has 138 valence electrons. The highest BCUT2D eigenvalue weighted by Gasteiger charge is 2.15. The Morgan fingerprint density at radius 1 is 1.12 bits per heavy atom. The van der Waals surface area contributed by atoms with Crippen molar-refractivity contribution in [3.63, 3.8) is 0 Å². The smallest absolute Gasteiger partial charge is 0.338 e. The van der Waals surface area contributed by atoms with Gasteiger partial charge in [0.15, 0.2) is 5.11 Å². The average Bonchev–Trinajstić information content (AvgIpc) is 2.62.